The second kappa shape index (κ2) is 4.44. The molecule has 1 aliphatic heterocycles. The highest BCUT2D eigenvalue weighted by Gasteiger charge is 2.23. The maximum absolute atomic E-state index is 13.0. The molecule has 2 rings (SSSR count). The van der Waals surface area contributed by atoms with E-state index < -0.39 is 11.7 Å². The molecule has 0 N–H and O–H groups in total. The van der Waals surface area contributed by atoms with Crippen LogP contribution >= 0.6 is 0 Å². The zero-order valence-electron chi connectivity index (χ0n) is 10.7. The SMILES string of the molecule is CC(C)(C)OC(=O)N1C=Cc2cc(F)ccc2C1. The second-order valence-corrected chi connectivity index (χ2v) is 5.27. The van der Waals surface area contributed by atoms with Gasteiger partial charge in [0.2, 0.25) is 0 Å². The quantitative estimate of drug-likeness (QED) is 0.703. The second-order valence-electron chi connectivity index (χ2n) is 5.27. The Morgan fingerprint density at radius 2 is 2.11 bits per heavy atom. The van der Waals surface area contributed by atoms with E-state index in [1.54, 1.807) is 18.3 Å². The smallest absolute Gasteiger partial charge is 0.414 e. The molecule has 0 saturated heterocycles. The highest BCUT2D eigenvalue weighted by molar-refractivity contribution is 5.72. The largest absolute Gasteiger partial charge is 0.443 e. The summed E-state index contributed by atoms with van der Waals surface area (Å²) in [6, 6.07) is 4.54. The van der Waals surface area contributed by atoms with Gasteiger partial charge in [-0.2, -0.15) is 0 Å². The molecule has 0 unspecified atom stereocenters. The van der Waals surface area contributed by atoms with E-state index in [1.165, 1.54) is 17.0 Å². The number of hydrogen-bond acceptors (Lipinski definition) is 2. The van der Waals surface area contributed by atoms with Gasteiger partial charge in [0.05, 0.1) is 6.54 Å². The van der Waals surface area contributed by atoms with E-state index in [1.807, 2.05) is 20.8 Å². The van der Waals surface area contributed by atoms with Gasteiger partial charge in [-0.25, -0.2) is 9.18 Å². The molecule has 0 aliphatic carbocycles. The van der Waals surface area contributed by atoms with Gasteiger partial charge in [0.15, 0.2) is 0 Å². The van der Waals surface area contributed by atoms with Crippen molar-refractivity contribution in [1.82, 2.24) is 4.90 Å². The average molecular weight is 249 g/mol. The first-order chi connectivity index (χ1) is 8.35. The van der Waals surface area contributed by atoms with E-state index in [9.17, 15) is 9.18 Å². The Labute approximate surface area is 106 Å². The average Bonchev–Trinajstić information content (AvgIpc) is 2.26. The number of carbonyl (C=O) groups is 1. The van der Waals surface area contributed by atoms with Crippen molar-refractivity contribution in [2.45, 2.75) is 32.9 Å². The minimum Gasteiger partial charge on any atom is -0.443 e. The van der Waals surface area contributed by atoms with Crippen LogP contribution in [0.15, 0.2) is 24.4 Å². The Kier molecular flexibility index (Phi) is 3.11. The first-order valence-electron chi connectivity index (χ1n) is 5.81. The zero-order valence-corrected chi connectivity index (χ0v) is 10.7. The van der Waals surface area contributed by atoms with Crippen molar-refractivity contribution < 1.29 is 13.9 Å². The third kappa shape index (κ3) is 2.88. The molecule has 4 heteroatoms. The Morgan fingerprint density at radius 1 is 1.39 bits per heavy atom. The number of nitrogens with zero attached hydrogens (tertiary/aromatic N) is 1. The third-order valence-corrected chi connectivity index (χ3v) is 2.51. The van der Waals surface area contributed by atoms with Crippen molar-refractivity contribution in [3.8, 4) is 0 Å². The Bertz CT molecular complexity index is 503. The molecule has 1 heterocycles. The molecule has 3 nitrogen and oxygen atoms in total. The van der Waals surface area contributed by atoms with Crippen LogP contribution in [0, 0.1) is 5.82 Å². The van der Waals surface area contributed by atoms with E-state index >= 15 is 0 Å². The number of carbonyl (C=O) groups excluding carboxylic acids is 1. The molecule has 18 heavy (non-hydrogen) atoms. The molecule has 0 radical (unpaired) electrons. The number of halogens is 1. The summed E-state index contributed by atoms with van der Waals surface area (Å²) in [4.78, 5) is 13.3. The number of fused-ring (bicyclic) bond motifs is 1. The molecule has 0 bridgehead atoms. The van der Waals surface area contributed by atoms with Crippen molar-refractivity contribution >= 4 is 12.2 Å². The van der Waals surface area contributed by atoms with Crippen LogP contribution in [0.4, 0.5) is 9.18 Å². The number of rotatable bonds is 0. The summed E-state index contributed by atoms with van der Waals surface area (Å²) in [7, 11) is 0. The van der Waals surface area contributed by atoms with Crippen LogP contribution < -0.4 is 0 Å². The number of hydrogen-bond donors (Lipinski definition) is 0. The molecular weight excluding hydrogens is 233 g/mol. The normalized spacial score (nSPS) is 14.3. The summed E-state index contributed by atoms with van der Waals surface area (Å²) in [6.45, 7) is 5.87. The van der Waals surface area contributed by atoms with Gasteiger partial charge >= 0.3 is 6.09 Å². The standard InChI is InChI=1S/C14H16FNO2/c1-14(2,3)18-13(17)16-7-6-10-8-12(15)5-4-11(10)9-16/h4-8H,9H2,1-3H3. The lowest BCUT2D eigenvalue weighted by atomic mass is 10.0. The van der Waals surface area contributed by atoms with E-state index in [-0.39, 0.29) is 5.82 Å². The van der Waals surface area contributed by atoms with Gasteiger partial charge in [0.1, 0.15) is 11.4 Å². The first kappa shape index (κ1) is 12.6. The van der Waals surface area contributed by atoms with Gasteiger partial charge < -0.3 is 4.74 Å². The van der Waals surface area contributed by atoms with Crippen molar-refractivity contribution in [1.29, 1.82) is 0 Å². The molecule has 1 aliphatic rings. The fourth-order valence-electron chi connectivity index (χ4n) is 1.72. The Balaban J connectivity index is 2.14. The van der Waals surface area contributed by atoms with Gasteiger partial charge in [-0.1, -0.05) is 6.07 Å². The van der Waals surface area contributed by atoms with Crippen molar-refractivity contribution in [3.05, 3.63) is 41.3 Å². The van der Waals surface area contributed by atoms with Gasteiger partial charge in [0.25, 0.3) is 0 Å². The fraction of sp³-hybridized carbons (Fsp3) is 0.357. The fourth-order valence-corrected chi connectivity index (χ4v) is 1.72. The molecule has 96 valence electrons. The van der Waals surface area contributed by atoms with Crippen molar-refractivity contribution in [3.63, 3.8) is 0 Å². The van der Waals surface area contributed by atoms with Crippen LogP contribution in [-0.4, -0.2) is 16.6 Å². The van der Waals surface area contributed by atoms with Crippen molar-refractivity contribution in [2.75, 3.05) is 0 Å². The summed E-state index contributed by atoms with van der Waals surface area (Å²) >= 11 is 0. The summed E-state index contributed by atoms with van der Waals surface area (Å²) in [5.41, 5.74) is 1.19. The molecular formula is C14H16FNO2. The summed E-state index contributed by atoms with van der Waals surface area (Å²) in [5.74, 6) is -0.274. The summed E-state index contributed by atoms with van der Waals surface area (Å²) in [6.07, 6.45) is 2.94. The highest BCUT2D eigenvalue weighted by Crippen LogP contribution is 2.22. The minimum atomic E-state index is -0.520. The molecule has 0 fully saturated rings. The molecule has 0 aromatic heterocycles. The number of benzene rings is 1. The van der Waals surface area contributed by atoms with Crippen LogP contribution in [0.3, 0.4) is 0 Å². The van der Waals surface area contributed by atoms with Crippen molar-refractivity contribution in [2.24, 2.45) is 0 Å². The maximum atomic E-state index is 13.0. The molecule has 0 spiro atoms. The first-order valence-corrected chi connectivity index (χ1v) is 5.81. The predicted molar refractivity (Wildman–Crippen MR) is 67.2 cm³/mol. The van der Waals surface area contributed by atoms with Crippen LogP contribution in [0.1, 0.15) is 31.9 Å². The monoisotopic (exact) mass is 249 g/mol. The Hall–Kier alpha value is -1.84. The van der Waals surface area contributed by atoms with Gasteiger partial charge in [-0.05, 0) is 50.1 Å². The van der Waals surface area contributed by atoms with Crippen LogP contribution in [0.25, 0.3) is 6.08 Å². The predicted octanol–water partition coefficient (Wildman–Crippen LogP) is 3.55. The summed E-state index contributed by atoms with van der Waals surface area (Å²) in [5, 5.41) is 0. The molecule has 1 aromatic carbocycles. The van der Waals surface area contributed by atoms with Gasteiger partial charge in [0, 0.05) is 6.20 Å². The molecule has 0 atom stereocenters. The molecule has 1 amide bonds. The summed E-state index contributed by atoms with van der Waals surface area (Å²) < 4.78 is 18.3. The van der Waals surface area contributed by atoms with Crippen LogP contribution in [0.2, 0.25) is 0 Å². The van der Waals surface area contributed by atoms with E-state index in [4.69, 9.17) is 4.74 Å². The highest BCUT2D eigenvalue weighted by atomic mass is 19.1. The number of ether oxygens (including phenoxy) is 1. The zero-order chi connectivity index (χ0) is 13.3. The molecule has 0 saturated carbocycles. The van der Waals surface area contributed by atoms with E-state index in [0.29, 0.717) is 6.54 Å². The van der Waals surface area contributed by atoms with Gasteiger partial charge in [-0.3, -0.25) is 4.90 Å². The van der Waals surface area contributed by atoms with Crippen LogP contribution in [-0.2, 0) is 11.3 Å². The third-order valence-electron chi connectivity index (χ3n) is 2.51. The minimum absolute atomic E-state index is 0.274. The number of amides is 1. The van der Waals surface area contributed by atoms with E-state index in [0.717, 1.165) is 11.1 Å². The lowest BCUT2D eigenvalue weighted by Crippen LogP contribution is -2.34. The lowest BCUT2D eigenvalue weighted by Gasteiger charge is -2.27. The maximum Gasteiger partial charge on any atom is 0.414 e. The van der Waals surface area contributed by atoms with E-state index in [2.05, 4.69) is 0 Å². The lowest BCUT2D eigenvalue weighted by molar-refractivity contribution is 0.0322. The molecule has 1 aromatic rings. The Morgan fingerprint density at radius 3 is 2.78 bits per heavy atom. The van der Waals surface area contributed by atoms with Gasteiger partial charge in [-0.15, -0.1) is 0 Å². The topological polar surface area (TPSA) is 29.5 Å². The van der Waals surface area contributed by atoms with Crippen LogP contribution in [0.5, 0.6) is 0 Å².